The summed E-state index contributed by atoms with van der Waals surface area (Å²) in [6, 6.07) is 12.6. The van der Waals surface area contributed by atoms with Crippen LogP contribution >= 0.6 is 0 Å². The number of carbonyl (C=O) groups is 1. The zero-order valence-corrected chi connectivity index (χ0v) is 25.4. The number of H-pyrrole nitrogens is 1. The standard InChI is InChI=1S/C31H31F3N8O3/c1-19-26(28(43)45-5)27(41-29(37-38-30(41)44)40(19)23-8-6-7-22(16-23)31(32,33)34)25-10-9-20(17-35)15-21(25)12-14-42(3,4)18-24-11-13-36-39(24)2/h6-11,13,15-16,27H,12,14,18H2,1-5H3/p+1/t27-/m1/s1. The molecular formula is C31H32F3N8O3+. The average Bonchev–Trinajstić information content (AvgIpc) is 3.58. The first-order valence-corrected chi connectivity index (χ1v) is 14.0. The van der Waals surface area contributed by atoms with Gasteiger partial charge in [-0.25, -0.2) is 19.3 Å². The van der Waals surface area contributed by atoms with E-state index in [0.29, 0.717) is 35.1 Å². The topological polar surface area (TPSA) is 122 Å². The predicted octanol–water partition coefficient (Wildman–Crippen LogP) is 4.20. The summed E-state index contributed by atoms with van der Waals surface area (Å²) < 4.78 is 49.7. The second kappa shape index (κ2) is 11.7. The van der Waals surface area contributed by atoms with Crippen molar-refractivity contribution in [1.82, 2.24) is 24.5 Å². The number of nitrogens with zero attached hydrogens (tertiary/aromatic N) is 7. The molecule has 1 aliphatic heterocycles. The van der Waals surface area contributed by atoms with Crippen LogP contribution in [0.5, 0.6) is 0 Å². The molecule has 1 atom stereocenters. The number of fused-ring (bicyclic) bond motifs is 1. The van der Waals surface area contributed by atoms with Crippen LogP contribution in [0.25, 0.3) is 0 Å². The molecule has 2 aromatic carbocycles. The lowest BCUT2D eigenvalue weighted by Gasteiger charge is -2.36. The zero-order chi connectivity index (χ0) is 32.7. The molecule has 1 aliphatic rings. The van der Waals surface area contributed by atoms with Crippen molar-refractivity contribution in [2.45, 2.75) is 32.1 Å². The lowest BCUT2D eigenvalue weighted by molar-refractivity contribution is -0.903. The van der Waals surface area contributed by atoms with Gasteiger partial charge in [0.15, 0.2) is 0 Å². The number of allylic oxidation sites excluding steroid dienone is 1. The third-order valence-electron chi connectivity index (χ3n) is 8.05. The minimum atomic E-state index is -4.62. The molecule has 5 rings (SSSR count). The Bertz CT molecular complexity index is 1890. The van der Waals surface area contributed by atoms with Crippen LogP contribution in [0.15, 0.2) is 70.8 Å². The number of ether oxygens (including phenoxy) is 1. The Kier molecular flexibility index (Phi) is 8.15. The van der Waals surface area contributed by atoms with Crippen molar-refractivity contribution in [2.75, 3.05) is 32.6 Å². The summed E-state index contributed by atoms with van der Waals surface area (Å²) in [5.74, 6) is -0.770. The van der Waals surface area contributed by atoms with Crippen LogP contribution in [-0.2, 0) is 35.7 Å². The second-order valence-corrected chi connectivity index (χ2v) is 11.5. The van der Waals surface area contributed by atoms with Gasteiger partial charge in [0, 0.05) is 31.0 Å². The van der Waals surface area contributed by atoms with E-state index < -0.39 is 29.4 Å². The highest BCUT2D eigenvalue weighted by Crippen LogP contribution is 2.43. The first-order chi connectivity index (χ1) is 21.3. The van der Waals surface area contributed by atoms with Crippen LogP contribution < -0.4 is 10.6 Å². The normalized spacial score (nSPS) is 15.2. The summed E-state index contributed by atoms with van der Waals surface area (Å²) in [6.45, 7) is 2.87. The Balaban J connectivity index is 1.65. The third-order valence-corrected chi connectivity index (χ3v) is 8.05. The number of hydrogen-bond acceptors (Lipinski definition) is 7. The van der Waals surface area contributed by atoms with Gasteiger partial charge in [0.1, 0.15) is 12.6 Å². The number of esters is 1. The van der Waals surface area contributed by atoms with E-state index in [0.717, 1.165) is 23.4 Å². The number of methoxy groups -OCH3 is 1. The van der Waals surface area contributed by atoms with Gasteiger partial charge in [-0.05, 0) is 54.4 Å². The van der Waals surface area contributed by atoms with Crippen molar-refractivity contribution in [3.63, 3.8) is 0 Å². The molecule has 2 aromatic heterocycles. The van der Waals surface area contributed by atoms with Gasteiger partial charge in [0.2, 0.25) is 5.95 Å². The number of halogens is 3. The number of aryl methyl sites for hydroxylation is 1. The van der Waals surface area contributed by atoms with Gasteiger partial charge < -0.3 is 9.22 Å². The second-order valence-electron chi connectivity index (χ2n) is 11.5. The third kappa shape index (κ3) is 5.99. The number of nitrogens with one attached hydrogen (secondary N) is 1. The molecule has 14 heteroatoms. The number of hydrogen-bond donors (Lipinski definition) is 1. The number of anilines is 2. The summed E-state index contributed by atoms with van der Waals surface area (Å²) >= 11 is 0. The lowest BCUT2D eigenvalue weighted by Crippen LogP contribution is -2.41. The van der Waals surface area contributed by atoms with Crippen molar-refractivity contribution >= 4 is 17.6 Å². The largest absolute Gasteiger partial charge is 0.466 e. The lowest BCUT2D eigenvalue weighted by atomic mass is 9.89. The molecule has 3 heterocycles. The predicted molar refractivity (Wildman–Crippen MR) is 158 cm³/mol. The van der Waals surface area contributed by atoms with Gasteiger partial charge in [0.25, 0.3) is 0 Å². The SMILES string of the molecule is COC(=O)C1=C(C)N(c2cccc(C(F)(F)F)c2)c2n[nH]c(=O)n2[C@@H]1c1ccc(C#N)cc1CC[N+](C)(C)Cc1ccnn1C. The van der Waals surface area contributed by atoms with Crippen LogP contribution in [-0.4, -0.2) is 62.7 Å². The molecule has 0 fully saturated rings. The maximum atomic E-state index is 13.7. The number of rotatable bonds is 8. The van der Waals surface area contributed by atoms with Gasteiger partial charge in [-0.2, -0.15) is 23.5 Å². The van der Waals surface area contributed by atoms with E-state index in [2.05, 4.69) is 35.5 Å². The zero-order valence-electron chi connectivity index (χ0n) is 25.4. The molecule has 11 nitrogen and oxygen atoms in total. The Morgan fingerprint density at radius 3 is 2.58 bits per heavy atom. The summed E-state index contributed by atoms with van der Waals surface area (Å²) in [7, 11) is 7.20. The van der Waals surface area contributed by atoms with Gasteiger partial charge in [-0.1, -0.05) is 12.1 Å². The molecule has 0 saturated heterocycles. The summed E-state index contributed by atoms with van der Waals surface area (Å²) in [5.41, 5.74) is 1.46. The molecule has 0 radical (unpaired) electrons. The van der Waals surface area contributed by atoms with Crippen molar-refractivity contribution in [1.29, 1.82) is 5.26 Å². The molecule has 0 aliphatic carbocycles. The average molecular weight is 622 g/mol. The molecule has 4 aromatic rings. The first kappa shape index (κ1) is 31.3. The fraction of sp³-hybridized carbons (Fsp3) is 0.323. The van der Waals surface area contributed by atoms with E-state index in [1.165, 1.54) is 28.7 Å². The first-order valence-electron chi connectivity index (χ1n) is 14.0. The number of quaternary nitrogens is 1. The number of alkyl halides is 3. The smallest absolute Gasteiger partial charge is 0.416 e. The van der Waals surface area contributed by atoms with Crippen molar-refractivity contribution in [3.8, 4) is 6.07 Å². The van der Waals surface area contributed by atoms with Gasteiger partial charge in [0.05, 0.1) is 56.2 Å². The van der Waals surface area contributed by atoms with E-state index in [-0.39, 0.29) is 22.9 Å². The summed E-state index contributed by atoms with van der Waals surface area (Å²) in [4.78, 5) is 28.2. The van der Waals surface area contributed by atoms with Crippen molar-refractivity contribution < 1.29 is 27.2 Å². The molecule has 0 unspecified atom stereocenters. The van der Waals surface area contributed by atoms with Crippen molar-refractivity contribution in [3.05, 3.63) is 104 Å². The number of likely N-dealkylation sites (N-methyl/N-ethyl adjacent to an activating group) is 1. The quantitative estimate of drug-likeness (QED) is 0.231. The van der Waals surface area contributed by atoms with Gasteiger partial charge in [-0.3, -0.25) is 9.58 Å². The Hall–Kier alpha value is -5.16. The molecular weight excluding hydrogens is 589 g/mol. The van der Waals surface area contributed by atoms with Crippen LogP contribution in [0, 0.1) is 11.3 Å². The monoisotopic (exact) mass is 621 g/mol. The summed E-state index contributed by atoms with van der Waals surface area (Å²) in [6.07, 6.45) is -2.42. The molecule has 234 valence electrons. The summed E-state index contributed by atoms with van der Waals surface area (Å²) in [5, 5.41) is 20.5. The van der Waals surface area contributed by atoms with E-state index in [1.54, 1.807) is 31.3 Å². The molecule has 1 N–H and O–H groups in total. The fourth-order valence-electron chi connectivity index (χ4n) is 5.73. The molecule has 0 bridgehead atoms. The highest BCUT2D eigenvalue weighted by atomic mass is 19.4. The maximum absolute atomic E-state index is 13.7. The Morgan fingerprint density at radius 1 is 1.18 bits per heavy atom. The maximum Gasteiger partial charge on any atom is 0.416 e. The number of benzene rings is 2. The van der Waals surface area contributed by atoms with Crippen LogP contribution in [0.4, 0.5) is 24.8 Å². The molecule has 0 amide bonds. The van der Waals surface area contributed by atoms with Crippen LogP contribution in [0.3, 0.4) is 0 Å². The van der Waals surface area contributed by atoms with Gasteiger partial charge in [-0.15, -0.1) is 5.10 Å². The Morgan fingerprint density at radius 2 is 1.93 bits per heavy atom. The van der Waals surface area contributed by atoms with E-state index in [1.807, 2.05) is 17.8 Å². The van der Waals surface area contributed by atoms with Gasteiger partial charge >= 0.3 is 17.8 Å². The van der Waals surface area contributed by atoms with Crippen LogP contribution in [0.2, 0.25) is 0 Å². The minimum absolute atomic E-state index is 0.00268. The number of aromatic amines is 1. The minimum Gasteiger partial charge on any atom is -0.466 e. The molecule has 0 saturated carbocycles. The van der Waals surface area contributed by atoms with Crippen LogP contribution in [0.1, 0.15) is 40.9 Å². The number of carbonyl (C=O) groups excluding carboxylic acids is 1. The fourth-order valence-corrected chi connectivity index (χ4v) is 5.73. The molecule has 45 heavy (non-hydrogen) atoms. The highest BCUT2D eigenvalue weighted by molar-refractivity contribution is 5.93. The van der Waals surface area contributed by atoms with E-state index >= 15 is 0 Å². The van der Waals surface area contributed by atoms with Crippen molar-refractivity contribution in [2.24, 2.45) is 7.05 Å². The van der Waals surface area contributed by atoms with E-state index in [9.17, 15) is 28.0 Å². The number of aromatic nitrogens is 5. The number of nitriles is 1. The highest BCUT2D eigenvalue weighted by Gasteiger charge is 2.41. The van der Waals surface area contributed by atoms with E-state index in [4.69, 9.17) is 4.74 Å². The Labute approximate surface area is 257 Å². The molecule has 0 spiro atoms.